The molecule has 6 heteroatoms. The quantitative estimate of drug-likeness (QED) is 0.816. The molecular weight excluding hydrogens is 356 g/mol. The number of benzene rings is 2. The van der Waals surface area contributed by atoms with Gasteiger partial charge in [0.1, 0.15) is 0 Å². The maximum absolute atomic E-state index is 12.9. The number of hydrogen-bond donors (Lipinski definition) is 0. The van der Waals surface area contributed by atoms with E-state index in [1.807, 2.05) is 39.0 Å². The lowest BCUT2D eigenvalue weighted by Gasteiger charge is -2.36. The van der Waals surface area contributed by atoms with Gasteiger partial charge >= 0.3 is 0 Å². The zero-order valence-corrected chi connectivity index (χ0v) is 16.4. The minimum Gasteiger partial charge on any atom is -0.367 e. The molecule has 0 saturated carbocycles. The summed E-state index contributed by atoms with van der Waals surface area (Å²) in [5.74, 6) is 0. The van der Waals surface area contributed by atoms with E-state index in [1.54, 1.807) is 16.4 Å². The van der Waals surface area contributed by atoms with Crippen molar-refractivity contribution in [2.75, 3.05) is 31.1 Å². The Hall–Kier alpha value is -1.56. The van der Waals surface area contributed by atoms with E-state index in [1.165, 1.54) is 0 Å². The lowest BCUT2D eigenvalue weighted by Crippen LogP contribution is -2.49. The molecule has 4 nitrogen and oxygen atoms in total. The summed E-state index contributed by atoms with van der Waals surface area (Å²) in [7, 11) is -3.45. The van der Waals surface area contributed by atoms with Gasteiger partial charge in [-0.1, -0.05) is 35.9 Å². The van der Waals surface area contributed by atoms with Crippen molar-refractivity contribution in [3.8, 4) is 0 Å². The third kappa shape index (κ3) is 3.54. The number of piperazine rings is 1. The maximum atomic E-state index is 12.9. The molecule has 0 unspecified atom stereocenters. The van der Waals surface area contributed by atoms with E-state index in [0.717, 1.165) is 27.4 Å². The van der Waals surface area contributed by atoms with Crippen LogP contribution in [0.5, 0.6) is 0 Å². The molecule has 1 aliphatic heterocycles. The molecule has 2 aromatic carbocycles. The molecular formula is C19H23ClN2O2S. The summed E-state index contributed by atoms with van der Waals surface area (Å²) >= 11 is 6.44. The third-order valence-electron chi connectivity index (χ3n) is 4.66. The molecule has 1 fully saturated rings. The van der Waals surface area contributed by atoms with Crippen molar-refractivity contribution in [1.82, 2.24) is 4.31 Å². The highest BCUT2D eigenvalue weighted by atomic mass is 35.5. The summed E-state index contributed by atoms with van der Waals surface area (Å²) in [5, 5.41) is 0.729. The number of rotatable bonds is 3. The summed E-state index contributed by atoms with van der Waals surface area (Å²) in [5.41, 5.74) is 4.05. The van der Waals surface area contributed by atoms with Crippen LogP contribution in [0.15, 0.2) is 41.3 Å². The van der Waals surface area contributed by atoms with Gasteiger partial charge in [0.2, 0.25) is 10.0 Å². The Morgan fingerprint density at radius 2 is 1.56 bits per heavy atom. The predicted octanol–water partition coefficient (Wildman–Crippen LogP) is 3.78. The fourth-order valence-electron chi connectivity index (χ4n) is 3.45. The zero-order chi connectivity index (χ0) is 18.2. The van der Waals surface area contributed by atoms with E-state index in [-0.39, 0.29) is 0 Å². The van der Waals surface area contributed by atoms with Gasteiger partial charge < -0.3 is 4.90 Å². The van der Waals surface area contributed by atoms with Crippen LogP contribution in [0.2, 0.25) is 5.02 Å². The van der Waals surface area contributed by atoms with Crippen LogP contribution >= 0.6 is 11.6 Å². The van der Waals surface area contributed by atoms with E-state index in [2.05, 4.69) is 11.0 Å². The second kappa shape index (κ2) is 6.98. The van der Waals surface area contributed by atoms with Gasteiger partial charge in [-0.25, -0.2) is 8.42 Å². The van der Waals surface area contributed by atoms with E-state index in [0.29, 0.717) is 31.1 Å². The molecule has 0 N–H and O–H groups in total. The number of sulfonamides is 1. The highest BCUT2D eigenvalue weighted by Crippen LogP contribution is 2.32. The van der Waals surface area contributed by atoms with Gasteiger partial charge in [0.25, 0.3) is 0 Å². The summed E-state index contributed by atoms with van der Waals surface area (Å²) in [4.78, 5) is 2.58. The summed E-state index contributed by atoms with van der Waals surface area (Å²) in [6.07, 6.45) is 0. The molecule has 134 valence electrons. The molecule has 0 atom stereocenters. The van der Waals surface area contributed by atoms with Gasteiger partial charge in [0.05, 0.1) is 15.6 Å². The highest BCUT2D eigenvalue weighted by molar-refractivity contribution is 7.89. The predicted molar refractivity (Wildman–Crippen MR) is 103 cm³/mol. The molecule has 2 aromatic rings. The Morgan fingerprint density at radius 1 is 0.920 bits per heavy atom. The van der Waals surface area contributed by atoms with Crippen LogP contribution in [-0.4, -0.2) is 38.9 Å². The van der Waals surface area contributed by atoms with E-state index in [9.17, 15) is 8.42 Å². The standard InChI is InChI=1S/C19H23ClN2O2S/c1-14-12-16(3)19(17(20)13-14)21-8-10-22(11-9-21)25(23,24)18-7-5-4-6-15(18)2/h4-7,12-13H,8-11H2,1-3H3. The lowest BCUT2D eigenvalue weighted by atomic mass is 10.1. The number of anilines is 1. The van der Waals surface area contributed by atoms with Crippen LogP contribution in [0.4, 0.5) is 5.69 Å². The van der Waals surface area contributed by atoms with Crippen molar-refractivity contribution in [2.24, 2.45) is 0 Å². The summed E-state index contributed by atoms with van der Waals surface area (Å²) in [6.45, 7) is 8.09. The van der Waals surface area contributed by atoms with Crippen LogP contribution in [0.1, 0.15) is 16.7 Å². The Balaban J connectivity index is 1.80. The summed E-state index contributed by atoms with van der Waals surface area (Å²) in [6, 6.07) is 11.2. The molecule has 0 radical (unpaired) electrons. The van der Waals surface area contributed by atoms with Gasteiger partial charge in [-0.3, -0.25) is 0 Å². The first-order valence-corrected chi connectivity index (χ1v) is 10.2. The molecule has 0 bridgehead atoms. The summed E-state index contributed by atoms with van der Waals surface area (Å²) < 4.78 is 27.4. The molecule has 1 aliphatic rings. The average molecular weight is 379 g/mol. The molecule has 1 heterocycles. The number of aryl methyl sites for hydroxylation is 3. The van der Waals surface area contributed by atoms with Crippen LogP contribution in [0.25, 0.3) is 0 Å². The van der Waals surface area contributed by atoms with Crippen LogP contribution < -0.4 is 4.90 Å². The van der Waals surface area contributed by atoms with Crippen molar-refractivity contribution in [1.29, 1.82) is 0 Å². The monoisotopic (exact) mass is 378 g/mol. The number of nitrogens with zero attached hydrogens (tertiary/aromatic N) is 2. The fraction of sp³-hybridized carbons (Fsp3) is 0.368. The fourth-order valence-corrected chi connectivity index (χ4v) is 5.53. The first-order valence-electron chi connectivity index (χ1n) is 8.38. The van der Waals surface area contributed by atoms with Crippen LogP contribution in [0, 0.1) is 20.8 Å². The first kappa shape index (κ1) is 18.2. The van der Waals surface area contributed by atoms with Crippen LogP contribution in [0.3, 0.4) is 0 Å². The second-order valence-electron chi connectivity index (χ2n) is 6.57. The van der Waals surface area contributed by atoms with E-state index >= 15 is 0 Å². The van der Waals surface area contributed by atoms with Crippen molar-refractivity contribution < 1.29 is 8.42 Å². The number of halogens is 1. The van der Waals surface area contributed by atoms with Crippen LogP contribution in [-0.2, 0) is 10.0 Å². The topological polar surface area (TPSA) is 40.6 Å². The number of hydrogen-bond acceptors (Lipinski definition) is 3. The van der Waals surface area contributed by atoms with Crippen molar-refractivity contribution in [3.05, 3.63) is 58.1 Å². The minimum absolute atomic E-state index is 0.396. The molecule has 25 heavy (non-hydrogen) atoms. The van der Waals surface area contributed by atoms with E-state index in [4.69, 9.17) is 11.6 Å². The molecule has 0 aromatic heterocycles. The highest BCUT2D eigenvalue weighted by Gasteiger charge is 2.30. The minimum atomic E-state index is -3.45. The average Bonchev–Trinajstić information content (AvgIpc) is 2.54. The molecule has 0 amide bonds. The molecule has 0 aliphatic carbocycles. The Bertz CT molecular complexity index is 865. The third-order valence-corrected chi connectivity index (χ3v) is 7.01. The largest absolute Gasteiger partial charge is 0.367 e. The molecule has 1 saturated heterocycles. The smallest absolute Gasteiger partial charge is 0.243 e. The zero-order valence-electron chi connectivity index (χ0n) is 14.8. The maximum Gasteiger partial charge on any atom is 0.243 e. The Kier molecular flexibility index (Phi) is 5.09. The van der Waals surface area contributed by atoms with Gasteiger partial charge in [-0.05, 0) is 49.6 Å². The van der Waals surface area contributed by atoms with E-state index < -0.39 is 10.0 Å². The second-order valence-corrected chi connectivity index (χ2v) is 8.88. The lowest BCUT2D eigenvalue weighted by molar-refractivity contribution is 0.384. The normalized spacial score (nSPS) is 16.2. The first-order chi connectivity index (χ1) is 11.8. The van der Waals surface area contributed by atoms with Gasteiger partial charge in [0, 0.05) is 26.2 Å². The molecule has 3 rings (SSSR count). The Morgan fingerprint density at radius 3 is 2.16 bits per heavy atom. The van der Waals surface area contributed by atoms with Gasteiger partial charge in [-0.15, -0.1) is 0 Å². The van der Waals surface area contributed by atoms with Crippen molar-refractivity contribution >= 4 is 27.3 Å². The molecule has 0 spiro atoms. The van der Waals surface area contributed by atoms with Crippen molar-refractivity contribution in [3.63, 3.8) is 0 Å². The SMILES string of the molecule is Cc1cc(C)c(N2CCN(S(=O)(=O)c3ccccc3C)CC2)c(Cl)c1. The van der Waals surface area contributed by atoms with Gasteiger partial charge in [-0.2, -0.15) is 4.31 Å². The van der Waals surface area contributed by atoms with Crippen molar-refractivity contribution in [2.45, 2.75) is 25.7 Å². The Labute approximate surface area is 155 Å². The van der Waals surface area contributed by atoms with Gasteiger partial charge in [0.15, 0.2) is 0 Å².